The van der Waals surface area contributed by atoms with E-state index in [-0.39, 0.29) is 18.0 Å². The molecule has 1 aromatic heterocycles. The Hall–Kier alpha value is -4.45. The molecule has 45 heavy (non-hydrogen) atoms. The summed E-state index contributed by atoms with van der Waals surface area (Å²) in [7, 11) is 3.03. The monoisotopic (exact) mass is 623 g/mol. The number of nitrogens with zero attached hydrogens (tertiary/aromatic N) is 4. The fraction of sp³-hybridized carbons (Fsp3) is 0.485. The molecule has 0 unspecified atom stereocenters. The first kappa shape index (κ1) is 35.0. The molecule has 0 bridgehead atoms. The van der Waals surface area contributed by atoms with Gasteiger partial charge < -0.3 is 35.2 Å². The largest absolute Gasteiger partial charge is 0.481 e. The molecule has 0 spiro atoms. The van der Waals surface area contributed by atoms with Gasteiger partial charge in [-0.2, -0.15) is 9.97 Å². The summed E-state index contributed by atoms with van der Waals surface area (Å²) in [6.45, 7) is 11.8. The number of methoxy groups -OCH3 is 2. The lowest BCUT2D eigenvalue weighted by Crippen LogP contribution is -2.69. The number of carboxylic acids is 2. The smallest absolute Gasteiger partial charge is 0.330 e. The van der Waals surface area contributed by atoms with Crippen molar-refractivity contribution in [3.05, 3.63) is 53.6 Å². The number of carbonyl (C=O) groups is 3. The highest BCUT2D eigenvalue weighted by molar-refractivity contribution is 5.99. The maximum absolute atomic E-state index is 14.2. The minimum Gasteiger partial charge on any atom is -0.481 e. The minimum absolute atomic E-state index is 0.210. The van der Waals surface area contributed by atoms with Crippen LogP contribution in [0.3, 0.4) is 0 Å². The SMILES string of the molecule is COc1nc(OC)c2cc(CN(CCN)c3ccc(C(=O)N(C(C)(C)C)[C@@](CCC(=O)O)(C(=O)O)C(C)(C)C)cc3)ccc2n1. The number of rotatable bonds is 13. The molecule has 0 radical (unpaired) electrons. The quantitative estimate of drug-likeness (QED) is 0.244. The van der Waals surface area contributed by atoms with Crippen LogP contribution in [-0.2, 0) is 16.1 Å². The van der Waals surface area contributed by atoms with Crippen molar-refractivity contribution < 1.29 is 34.1 Å². The van der Waals surface area contributed by atoms with Gasteiger partial charge in [0.05, 0.1) is 25.1 Å². The number of carbonyl (C=O) groups excluding carboxylic acids is 1. The summed E-state index contributed by atoms with van der Waals surface area (Å²) in [5.41, 5.74) is 4.96. The lowest BCUT2D eigenvalue weighted by molar-refractivity contribution is -0.164. The van der Waals surface area contributed by atoms with Gasteiger partial charge in [-0.05, 0) is 74.6 Å². The van der Waals surface area contributed by atoms with Crippen LogP contribution in [0.2, 0.25) is 0 Å². The molecule has 0 saturated carbocycles. The molecule has 1 amide bonds. The molecule has 3 rings (SSSR count). The Balaban J connectivity index is 2.01. The Morgan fingerprint density at radius 3 is 2.04 bits per heavy atom. The standard InChI is InChI=1S/C33H45N5O7/c1-31(2,3)33(29(42)43,16-15-26(39)40)38(32(4,5)6)28(41)22-10-12-23(13-11-22)37(18-17-34)20-21-9-14-25-24(19-21)27(44-7)36-30(35-25)45-8/h9-14,19H,15-18,20,34H2,1-8H3,(H,39,40)(H,42,43)/t33-/m0/s1. The van der Waals surface area contributed by atoms with Gasteiger partial charge in [-0.15, -0.1) is 0 Å². The Kier molecular flexibility index (Phi) is 10.6. The fourth-order valence-electron chi connectivity index (χ4n) is 5.78. The zero-order valence-corrected chi connectivity index (χ0v) is 27.4. The second kappa shape index (κ2) is 13.7. The molecule has 1 heterocycles. The third kappa shape index (κ3) is 7.44. The number of ether oxygens (including phenoxy) is 2. The van der Waals surface area contributed by atoms with Crippen LogP contribution in [0.4, 0.5) is 5.69 Å². The van der Waals surface area contributed by atoms with Gasteiger partial charge in [0.2, 0.25) is 5.88 Å². The van der Waals surface area contributed by atoms with Crippen molar-refractivity contribution in [1.82, 2.24) is 14.9 Å². The van der Waals surface area contributed by atoms with E-state index in [9.17, 15) is 24.6 Å². The normalized spacial score (nSPS) is 13.2. The number of aromatic nitrogens is 2. The third-order valence-corrected chi connectivity index (χ3v) is 7.88. The van der Waals surface area contributed by atoms with Crippen LogP contribution in [0, 0.1) is 5.41 Å². The zero-order chi connectivity index (χ0) is 33.7. The lowest BCUT2D eigenvalue weighted by atomic mass is 9.67. The van der Waals surface area contributed by atoms with Crippen LogP contribution in [0.1, 0.15) is 70.3 Å². The van der Waals surface area contributed by atoms with Gasteiger partial charge in [0.25, 0.3) is 5.91 Å². The summed E-state index contributed by atoms with van der Waals surface area (Å²) >= 11 is 0. The molecule has 12 nitrogen and oxygen atoms in total. The Labute approximate surface area is 264 Å². The van der Waals surface area contributed by atoms with E-state index in [1.165, 1.54) is 19.1 Å². The highest BCUT2D eigenvalue weighted by Gasteiger charge is 2.58. The lowest BCUT2D eigenvalue weighted by Gasteiger charge is -2.54. The molecule has 12 heteroatoms. The summed E-state index contributed by atoms with van der Waals surface area (Å²) in [5, 5.41) is 20.8. The number of carboxylic acid groups (broad SMARTS) is 2. The number of fused-ring (bicyclic) bond motifs is 1. The molecule has 0 aliphatic heterocycles. The van der Waals surface area contributed by atoms with Crippen LogP contribution in [-0.4, -0.2) is 81.3 Å². The topological polar surface area (TPSA) is 168 Å². The van der Waals surface area contributed by atoms with Crippen molar-refractivity contribution in [2.24, 2.45) is 11.1 Å². The first-order valence-corrected chi connectivity index (χ1v) is 14.7. The van der Waals surface area contributed by atoms with Crippen LogP contribution in [0.15, 0.2) is 42.5 Å². The van der Waals surface area contributed by atoms with Crippen molar-refractivity contribution in [2.45, 2.75) is 72.0 Å². The van der Waals surface area contributed by atoms with Crippen LogP contribution in [0.25, 0.3) is 10.9 Å². The van der Waals surface area contributed by atoms with Gasteiger partial charge in [-0.25, -0.2) is 4.79 Å². The molecular weight excluding hydrogens is 578 g/mol. The molecule has 0 aliphatic carbocycles. The van der Waals surface area contributed by atoms with Crippen molar-refractivity contribution in [1.29, 1.82) is 0 Å². The number of anilines is 1. The van der Waals surface area contributed by atoms with Crippen LogP contribution < -0.4 is 20.1 Å². The Morgan fingerprint density at radius 2 is 1.56 bits per heavy atom. The van der Waals surface area contributed by atoms with Crippen molar-refractivity contribution in [3.63, 3.8) is 0 Å². The predicted octanol–water partition coefficient (Wildman–Crippen LogP) is 4.59. The minimum atomic E-state index is -1.80. The summed E-state index contributed by atoms with van der Waals surface area (Å²) in [6, 6.07) is 12.9. The van der Waals surface area contributed by atoms with Gasteiger partial charge in [0.1, 0.15) is 5.54 Å². The Morgan fingerprint density at radius 1 is 0.911 bits per heavy atom. The summed E-state index contributed by atoms with van der Waals surface area (Å²) in [5.74, 6) is -2.49. The van der Waals surface area contributed by atoms with E-state index in [1.807, 2.05) is 18.2 Å². The number of hydrogen-bond donors (Lipinski definition) is 3. The maximum atomic E-state index is 14.2. The van der Waals surface area contributed by atoms with Gasteiger partial charge in [-0.1, -0.05) is 26.8 Å². The van der Waals surface area contributed by atoms with E-state index in [0.717, 1.165) is 16.6 Å². The number of benzene rings is 2. The second-order valence-corrected chi connectivity index (χ2v) is 12.9. The molecule has 0 fully saturated rings. The van der Waals surface area contributed by atoms with Crippen molar-refractivity contribution >= 4 is 34.4 Å². The molecule has 2 aromatic carbocycles. The number of amides is 1. The first-order chi connectivity index (χ1) is 21.0. The Bertz CT molecular complexity index is 1530. The van der Waals surface area contributed by atoms with Crippen molar-refractivity contribution in [2.75, 3.05) is 32.2 Å². The van der Waals surface area contributed by atoms with E-state index >= 15 is 0 Å². The summed E-state index contributed by atoms with van der Waals surface area (Å²) in [4.78, 5) is 50.9. The molecule has 0 aliphatic rings. The molecule has 3 aromatic rings. The van der Waals surface area contributed by atoms with Crippen LogP contribution in [0.5, 0.6) is 11.9 Å². The van der Waals surface area contributed by atoms with E-state index in [2.05, 4.69) is 14.9 Å². The van der Waals surface area contributed by atoms with E-state index in [1.54, 1.807) is 65.8 Å². The molecular formula is C33H45N5O7. The highest BCUT2D eigenvalue weighted by Crippen LogP contribution is 2.44. The van der Waals surface area contributed by atoms with E-state index < -0.39 is 40.8 Å². The van der Waals surface area contributed by atoms with Gasteiger partial charge >= 0.3 is 17.9 Å². The van der Waals surface area contributed by atoms with Gasteiger partial charge in [0.15, 0.2) is 0 Å². The second-order valence-electron chi connectivity index (χ2n) is 12.9. The average Bonchev–Trinajstić information content (AvgIpc) is 2.96. The molecule has 244 valence electrons. The van der Waals surface area contributed by atoms with Gasteiger partial charge in [0, 0.05) is 42.8 Å². The zero-order valence-electron chi connectivity index (χ0n) is 27.4. The molecule has 4 N–H and O–H groups in total. The highest BCUT2D eigenvalue weighted by atomic mass is 16.5. The maximum Gasteiger partial charge on any atom is 0.330 e. The molecule has 0 saturated heterocycles. The fourth-order valence-corrected chi connectivity index (χ4v) is 5.78. The molecule has 1 atom stereocenters. The summed E-state index contributed by atoms with van der Waals surface area (Å²) in [6.07, 6.45) is -0.655. The van der Waals surface area contributed by atoms with Crippen molar-refractivity contribution in [3.8, 4) is 11.9 Å². The third-order valence-electron chi connectivity index (χ3n) is 7.88. The first-order valence-electron chi connectivity index (χ1n) is 14.7. The predicted molar refractivity (Wildman–Crippen MR) is 172 cm³/mol. The van der Waals surface area contributed by atoms with Crippen LogP contribution >= 0.6 is 0 Å². The van der Waals surface area contributed by atoms with E-state index in [4.69, 9.17) is 15.2 Å². The van der Waals surface area contributed by atoms with Gasteiger partial charge in [-0.3, -0.25) is 9.59 Å². The van der Waals surface area contributed by atoms with E-state index in [0.29, 0.717) is 31.0 Å². The average molecular weight is 624 g/mol. The summed E-state index contributed by atoms with van der Waals surface area (Å²) < 4.78 is 10.6. The number of hydrogen-bond acceptors (Lipinski definition) is 9. The number of aliphatic carboxylic acids is 2. The number of nitrogens with two attached hydrogens (primary N) is 1.